The maximum Gasteiger partial charge on any atom is 0.134 e. The Labute approximate surface area is 88.9 Å². The first kappa shape index (κ1) is 11.9. The van der Waals surface area contributed by atoms with Crippen molar-refractivity contribution in [2.75, 3.05) is 5.75 Å². The first-order chi connectivity index (χ1) is 6.56. The molecule has 0 radical (unpaired) electrons. The second-order valence-corrected chi connectivity index (χ2v) is 6.34. The van der Waals surface area contributed by atoms with Crippen LogP contribution in [0.3, 0.4) is 0 Å². The lowest BCUT2D eigenvalue weighted by atomic mass is 9.81. The molecule has 82 valence electrons. The van der Waals surface area contributed by atoms with Gasteiger partial charge in [0.1, 0.15) is 5.78 Å². The molecule has 1 saturated carbocycles. The van der Waals surface area contributed by atoms with Crippen LogP contribution in [0.2, 0.25) is 0 Å². The van der Waals surface area contributed by atoms with E-state index < -0.39 is 10.8 Å². The van der Waals surface area contributed by atoms with E-state index >= 15 is 0 Å². The summed E-state index contributed by atoms with van der Waals surface area (Å²) in [5.74, 6) is 2.01. The van der Waals surface area contributed by atoms with Gasteiger partial charge in [-0.05, 0) is 18.3 Å². The summed E-state index contributed by atoms with van der Waals surface area (Å²) in [6.07, 6.45) is 2.18. The van der Waals surface area contributed by atoms with Gasteiger partial charge in [-0.2, -0.15) is 0 Å². The van der Waals surface area contributed by atoms with Gasteiger partial charge in [0.2, 0.25) is 0 Å². The quantitative estimate of drug-likeness (QED) is 0.724. The van der Waals surface area contributed by atoms with Crippen LogP contribution in [0.25, 0.3) is 0 Å². The molecule has 3 heteroatoms. The zero-order valence-electron chi connectivity index (χ0n) is 9.29. The molecule has 3 atom stereocenters. The van der Waals surface area contributed by atoms with Crippen LogP contribution in [0.1, 0.15) is 40.0 Å². The van der Waals surface area contributed by atoms with E-state index in [2.05, 4.69) is 13.8 Å². The lowest BCUT2D eigenvalue weighted by Gasteiger charge is -2.32. The van der Waals surface area contributed by atoms with E-state index in [1.165, 1.54) is 0 Å². The van der Waals surface area contributed by atoms with E-state index in [4.69, 9.17) is 0 Å². The largest absolute Gasteiger partial charge is 0.300 e. The Morgan fingerprint density at radius 2 is 2.14 bits per heavy atom. The van der Waals surface area contributed by atoms with Gasteiger partial charge in [-0.3, -0.25) is 9.00 Å². The number of carbonyl (C=O) groups excluding carboxylic acids is 1. The van der Waals surface area contributed by atoms with Crippen LogP contribution in [-0.4, -0.2) is 21.0 Å². The zero-order chi connectivity index (χ0) is 10.7. The molecule has 1 rings (SSSR count). The van der Waals surface area contributed by atoms with E-state index in [9.17, 15) is 9.00 Å². The van der Waals surface area contributed by atoms with E-state index in [0.29, 0.717) is 36.2 Å². The second-order valence-electron chi connectivity index (χ2n) is 4.40. The molecule has 0 aliphatic heterocycles. The molecule has 0 amide bonds. The summed E-state index contributed by atoms with van der Waals surface area (Å²) in [5, 5.41) is 0.126. The molecule has 0 bridgehead atoms. The lowest BCUT2D eigenvalue weighted by molar-refractivity contribution is -0.121. The zero-order valence-corrected chi connectivity index (χ0v) is 10.1. The van der Waals surface area contributed by atoms with Crippen LogP contribution in [0.15, 0.2) is 0 Å². The topological polar surface area (TPSA) is 34.1 Å². The van der Waals surface area contributed by atoms with Crippen LogP contribution >= 0.6 is 0 Å². The Balaban J connectivity index is 2.73. The maximum absolute atomic E-state index is 11.8. The third-order valence-electron chi connectivity index (χ3n) is 3.14. The van der Waals surface area contributed by atoms with Crippen molar-refractivity contribution in [3.63, 3.8) is 0 Å². The fraction of sp³-hybridized carbons (Fsp3) is 0.909. The van der Waals surface area contributed by atoms with Crippen molar-refractivity contribution < 1.29 is 9.00 Å². The number of rotatable bonds is 3. The lowest BCUT2D eigenvalue weighted by Crippen LogP contribution is -2.36. The number of Topliss-reactive ketones (excluding diaryl/α,β-unsaturated/α-hetero) is 1. The molecule has 1 aliphatic rings. The average molecular weight is 216 g/mol. The third-order valence-corrected chi connectivity index (χ3v) is 4.90. The minimum absolute atomic E-state index is 0.126. The van der Waals surface area contributed by atoms with Crippen LogP contribution < -0.4 is 0 Å². The SMILES string of the molecule is CCS(=O)C1CC(=O)CCC1C(C)C. The number of ketones is 1. The van der Waals surface area contributed by atoms with Crippen LogP contribution in [0, 0.1) is 11.8 Å². The van der Waals surface area contributed by atoms with E-state index in [0.717, 1.165) is 6.42 Å². The predicted octanol–water partition coefficient (Wildman–Crippen LogP) is 2.15. The third kappa shape index (κ3) is 2.66. The molecular weight excluding hydrogens is 196 g/mol. The van der Waals surface area contributed by atoms with Crippen molar-refractivity contribution in [1.82, 2.24) is 0 Å². The maximum atomic E-state index is 11.8. The highest BCUT2D eigenvalue weighted by Crippen LogP contribution is 2.31. The molecule has 1 aliphatic carbocycles. The summed E-state index contributed by atoms with van der Waals surface area (Å²) in [6, 6.07) is 0. The van der Waals surface area contributed by atoms with Crippen LogP contribution in [0.5, 0.6) is 0 Å². The minimum atomic E-state index is -0.806. The minimum Gasteiger partial charge on any atom is -0.300 e. The molecule has 14 heavy (non-hydrogen) atoms. The highest BCUT2D eigenvalue weighted by atomic mass is 32.2. The van der Waals surface area contributed by atoms with E-state index in [1.54, 1.807) is 0 Å². The molecule has 3 unspecified atom stereocenters. The molecule has 0 spiro atoms. The highest BCUT2D eigenvalue weighted by molar-refractivity contribution is 7.85. The van der Waals surface area contributed by atoms with Gasteiger partial charge < -0.3 is 0 Å². The summed E-state index contributed by atoms with van der Waals surface area (Å²) >= 11 is 0. The van der Waals surface area contributed by atoms with E-state index in [-0.39, 0.29) is 5.25 Å². The Bertz CT molecular complexity index is 235. The summed E-state index contributed by atoms with van der Waals surface area (Å²) in [7, 11) is -0.806. The van der Waals surface area contributed by atoms with Gasteiger partial charge in [0.25, 0.3) is 0 Å². The first-order valence-electron chi connectivity index (χ1n) is 5.45. The van der Waals surface area contributed by atoms with Gasteiger partial charge in [0.15, 0.2) is 0 Å². The average Bonchev–Trinajstić information content (AvgIpc) is 2.16. The van der Waals surface area contributed by atoms with Gasteiger partial charge in [0, 0.05) is 34.6 Å². The Morgan fingerprint density at radius 3 is 2.64 bits per heavy atom. The molecule has 1 fully saturated rings. The van der Waals surface area contributed by atoms with Crippen molar-refractivity contribution in [3.05, 3.63) is 0 Å². The standard InChI is InChI=1S/C11H20O2S/c1-4-14(13)11-7-9(12)5-6-10(11)8(2)3/h8,10-11H,4-7H2,1-3H3. The molecule has 0 aromatic rings. The molecule has 0 saturated heterocycles. The normalized spacial score (nSPS) is 30.7. The highest BCUT2D eigenvalue weighted by Gasteiger charge is 2.34. The molecule has 0 aromatic carbocycles. The Hall–Kier alpha value is -0.180. The van der Waals surface area contributed by atoms with Gasteiger partial charge >= 0.3 is 0 Å². The molecule has 0 N–H and O–H groups in total. The molecule has 0 aromatic heterocycles. The summed E-state index contributed by atoms with van der Waals surface area (Å²) in [5.41, 5.74) is 0. The second kappa shape index (κ2) is 5.06. The van der Waals surface area contributed by atoms with Crippen LogP contribution in [0.4, 0.5) is 0 Å². The van der Waals surface area contributed by atoms with Crippen LogP contribution in [-0.2, 0) is 15.6 Å². The molecule has 2 nitrogen and oxygen atoms in total. The number of hydrogen-bond acceptors (Lipinski definition) is 2. The fourth-order valence-electron chi connectivity index (χ4n) is 2.26. The fourth-order valence-corrected chi connectivity index (χ4v) is 3.90. The van der Waals surface area contributed by atoms with Crippen molar-refractivity contribution in [2.24, 2.45) is 11.8 Å². The number of carbonyl (C=O) groups is 1. The van der Waals surface area contributed by atoms with Crippen molar-refractivity contribution >= 4 is 16.6 Å². The molecule has 0 heterocycles. The van der Waals surface area contributed by atoms with Gasteiger partial charge in [-0.1, -0.05) is 20.8 Å². The monoisotopic (exact) mass is 216 g/mol. The number of hydrogen-bond donors (Lipinski definition) is 0. The van der Waals surface area contributed by atoms with Crippen molar-refractivity contribution in [1.29, 1.82) is 0 Å². The van der Waals surface area contributed by atoms with Gasteiger partial charge in [-0.25, -0.2) is 0 Å². The summed E-state index contributed by atoms with van der Waals surface area (Å²) in [6.45, 7) is 6.27. The van der Waals surface area contributed by atoms with E-state index in [1.807, 2.05) is 6.92 Å². The van der Waals surface area contributed by atoms with Crippen molar-refractivity contribution in [3.8, 4) is 0 Å². The van der Waals surface area contributed by atoms with Gasteiger partial charge in [-0.15, -0.1) is 0 Å². The smallest absolute Gasteiger partial charge is 0.134 e. The molecular formula is C11H20O2S. The summed E-state index contributed by atoms with van der Waals surface area (Å²) in [4.78, 5) is 11.3. The van der Waals surface area contributed by atoms with Crippen molar-refractivity contribution in [2.45, 2.75) is 45.3 Å². The van der Waals surface area contributed by atoms with Gasteiger partial charge in [0.05, 0.1) is 0 Å². The predicted molar refractivity (Wildman–Crippen MR) is 59.7 cm³/mol. The summed E-state index contributed by atoms with van der Waals surface area (Å²) < 4.78 is 11.8. The first-order valence-corrected chi connectivity index (χ1v) is 6.83. The Kier molecular flexibility index (Phi) is 4.30. The Morgan fingerprint density at radius 1 is 1.50 bits per heavy atom.